The average Bonchev–Trinajstić information content (AvgIpc) is 2.95. The molecule has 9 nitrogen and oxygen atoms in total. The van der Waals surface area contributed by atoms with Gasteiger partial charge in [0.2, 0.25) is 11.8 Å². The predicted molar refractivity (Wildman–Crippen MR) is 169 cm³/mol. The van der Waals surface area contributed by atoms with E-state index in [4.69, 9.17) is 9.47 Å². The largest absolute Gasteiger partial charge is 0.497 e. The first kappa shape index (κ1) is 33.5. The standard InChI is InChI=1S/C33H43N3O6S/c1-8-28(32(38)34-33(4,5)6)35(22-25-13-12-14-26(21-25)41-7)31(37)23-36(29-15-10-11-16-30(29)42-9-2)43(39,40)27-19-17-24(3)18-20-27/h10-21,28H,8-9,22-23H2,1-7H3,(H,34,38)/t28-/m1/s1. The van der Waals surface area contributed by atoms with Crippen LogP contribution in [0.1, 0.15) is 52.2 Å². The summed E-state index contributed by atoms with van der Waals surface area (Å²) in [5.74, 6) is 0.0614. The van der Waals surface area contributed by atoms with Crippen LogP contribution in [0.5, 0.6) is 11.5 Å². The SMILES string of the molecule is CCOc1ccccc1N(CC(=O)N(Cc1cccc(OC)c1)[C@H](CC)C(=O)NC(C)(C)C)S(=O)(=O)c1ccc(C)cc1. The van der Waals surface area contributed by atoms with Gasteiger partial charge in [0.05, 0.1) is 24.3 Å². The zero-order valence-corrected chi connectivity index (χ0v) is 26.9. The van der Waals surface area contributed by atoms with Gasteiger partial charge in [0.1, 0.15) is 24.1 Å². The molecule has 0 aliphatic rings. The number of rotatable bonds is 13. The highest BCUT2D eigenvalue weighted by molar-refractivity contribution is 7.92. The third-order valence-electron chi connectivity index (χ3n) is 6.69. The summed E-state index contributed by atoms with van der Waals surface area (Å²) in [4.78, 5) is 29.3. The summed E-state index contributed by atoms with van der Waals surface area (Å²) >= 11 is 0. The lowest BCUT2D eigenvalue weighted by atomic mass is 10.1. The molecule has 3 aromatic rings. The molecule has 1 atom stereocenters. The van der Waals surface area contributed by atoms with Crippen molar-refractivity contribution in [3.8, 4) is 11.5 Å². The first-order valence-electron chi connectivity index (χ1n) is 14.4. The van der Waals surface area contributed by atoms with E-state index >= 15 is 0 Å². The van der Waals surface area contributed by atoms with Gasteiger partial charge in [-0.2, -0.15) is 0 Å². The van der Waals surface area contributed by atoms with Crippen molar-refractivity contribution in [2.75, 3.05) is 24.6 Å². The van der Waals surface area contributed by atoms with Crippen LogP contribution >= 0.6 is 0 Å². The Bertz CT molecular complexity index is 1500. The zero-order chi connectivity index (χ0) is 31.8. The molecule has 0 spiro atoms. The minimum Gasteiger partial charge on any atom is -0.497 e. The van der Waals surface area contributed by atoms with Gasteiger partial charge < -0.3 is 19.7 Å². The van der Waals surface area contributed by atoms with Crippen molar-refractivity contribution < 1.29 is 27.5 Å². The van der Waals surface area contributed by atoms with Crippen molar-refractivity contribution in [3.63, 3.8) is 0 Å². The molecule has 0 bridgehead atoms. The number of anilines is 1. The highest BCUT2D eigenvalue weighted by Crippen LogP contribution is 2.33. The number of nitrogens with one attached hydrogen (secondary N) is 1. The fourth-order valence-corrected chi connectivity index (χ4v) is 6.06. The fraction of sp³-hybridized carbons (Fsp3) is 0.394. The Morgan fingerprint density at radius 2 is 1.63 bits per heavy atom. The van der Waals surface area contributed by atoms with E-state index in [0.29, 0.717) is 24.5 Å². The van der Waals surface area contributed by atoms with Crippen LogP contribution in [0.25, 0.3) is 0 Å². The van der Waals surface area contributed by atoms with E-state index in [-0.39, 0.29) is 23.0 Å². The summed E-state index contributed by atoms with van der Waals surface area (Å²) in [5, 5.41) is 2.98. The van der Waals surface area contributed by atoms with Gasteiger partial charge in [-0.05, 0) is 83.0 Å². The molecule has 43 heavy (non-hydrogen) atoms. The van der Waals surface area contributed by atoms with Crippen LogP contribution < -0.4 is 19.1 Å². The van der Waals surface area contributed by atoms with Crippen LogP contribution in [-0.4, -0.2) is 57.0 Å². The minimum atomic E-state index is -4.22. The maximum atomic E-state index is 14.3. The Labute approximate surface area is 255 Å². The summed E-state index contributed by atoms with van der Waals surface area (Å²) in [6.07, 6.45) is 0.317. The number of hydrogen-bond acceptors (Lipinski definition) is 6. The molecule has 0 saturated heterocycles. The van der Waals surface area contributed by atoms with Crippen LogP contribution in [0.4, 0.5) is 5.69 Å². The Morgan fingerprint density at radius 3 is 2.23 bits per heavy atom. The normalized spacial score (nSPS) is 12.3. The number of hydrogen-bond donors (Lipinski definition) is 1. The third-order valence-corrected chi connectivity index (χ3v) is 8.47. The topological polar surface area (TPSA) is 105 Å². The van der Waals surface area contributed by atoms with Crippen LogP contribution in [0.3, 0.4) is 0 Å². The van der Waals surface area contributed by atoms with Gasteiger partial charge >= 0.3 is 0 Å². The van der Waals surface area contributed by atoms with Crippen LogP contribution in [0.15, 0.2) is 77.7 Å². The van der Waals surface area contributed by atoms with Crippen molar-refractivity contribution in [2.24, 2.45) is 0 Å². The first-order valence-corrected chi connectivity index (χ1v) is 15.8. The van der Waals surface area contributed by atoms with Gasteiger partial charge in [0, 0.05) is 12.1 Å². The van der Waals surface area contributed by atoms with E-state index in [1.54, 1.807) is 68.6 Å². The third kappa shape index (κ3) is 8.73. The molecule has 0 aliphatic carbocycles. The Morgan fingerprint density at radius 1 is 0.953 bits per heavy atom. The molecule has 0 radical (unpaired) electrons. The number of ether oxygens (including phenoxy) is 2. The van der Waals surface area contributed by atoms with E-state index in [0.717, 1.165) is 15.4 Å². The Balaban J connectivity index is 2.13. The molecule has 0 unspecified atom stereocenters. The second kappa shape index (κ2) is 14.4. The molecular formula is C33H43N3O6S. The Hall–Kier alpha value is -4.05. The summed E-state index contributed by atoms with van der Waals surface area (Å²) in [5.41, 5.74) is 1.33. The molecule has 10 heteroatoms. The van der Waals surface area contributed by atoms with Gasteiger partial charge in [0.25, 0.3) is 10.0 Å². The van der Waals surface area contributed by atoms with Gasteiger partial charge in [-0.1, -0.05) is 48.9 Å². The van der Waals surface area contributed by atoms with Gasteiger partial charge in [0.15, 0.2) is 0 Å². The fourth-order valence-electron chi connectivity index (χ4n) is 4.63. The molecule has 0 aromatic heterocycles. The maximum absolute atomic E-state index is 14.3. The monoisotopic (exact) mass is 609 g/mol. The molecule has 3 rings (SSSR count). The number of methoxy groups -OCH3 is 1. The summed E-state index contributed by atoms with van der Waals surface area (Å²) in [6, 6.07) is 19.5. The summed E-state index contributed by atoms with van der Waals surface area (Å²) in [6.45, 7) is 10.9. The molecule has 0 fully saturated rings. The number of para-hydroxylation sites is 2. The van der Waals surface area contributed by atoms with Crippen LogP contribution in [0.2, 0.25) is 0 Å². The molecule has 1 N–H and O–H groups in total. The van der Waals surface area contributed by atoms with Crippen molar-refractivity contribution in [1.82, 2.24) is 10.2 Å². The second-order valence-corrected chi connectivity index (χ2v) is 13.1. The number of nitrogens with zero attached hydrogens (tertiary/aromatic N) is 2. The predicted octanol–water partition coefficient (Wildman–Crippen LogP) is 5.32. The lowest BCUT2D eigenvalue weighted by Crippen LogP contribution is -2.55. The van der Waals surface area contributed by atoms with E-state index in [9.17, 15) is 18.0 Å². The molecule has 0 saturated carbocycles. The second-order valence-electron chi connectivity index (χ2n) is 11.3. The van der Waals surface area contributed by atoms with E-state index in [2.05, 4.69) is 5.32 Å². The molecule has 232 valence electrons. The minimum absolute atomic E-state index is 0.0362. The van der Waals surface area contributed by atoms with Crippen molar-refractivity contribution >= 4 is 27.5 Å². The molecule has 2 amide bonds. The van der Waals surface area contributed by atoms with E-state index < -0.39 is 34.1 Å². The molecular weight excluding hydrogens is 566 g/mol. The number of carbonyl (C=O) groups is 2. The number of amides is 2. The molecule has 0 heterocycles. The van der Waals surface area contributed by atoms with Crippen molar-refractivity contribution in [3.05, 3.63) is 83.9 Å². The smallest absolute Gasteiger partial charge is 0.264 e. The van der Waals surface area contributed by atoms with Crippen LogP contribution in [-0.2, 0) is 26.2 Å². The zero-order valence-electron chi connectivity index (χ0n) is 26.1. The summed E-state index contributed by atoms with van der Waals surface area (Å²) < 4.78 is 40.6. The Kier molecular flexibility index (Phi) is 11.2. The molecule has 0 aliphatic heterocycles. The quantitative estimate of drug-likeness (QED) is 0.281. The number of sulfonamides is 1. The lowest BCUT2D eigenvalue weighted by molar-refractivity contribution is -0.141. The number of benzene rings is 3. The number of carbonyl (C=O) groups excluding carboxylic acids is 2. The van der Waals surface area contributed by atoms with Crippen molar-refractivity contribution in [2.45, 2.75) is 71.0 Å². The van der Waals surface area contributed by atoms with Gasteiger partial charge in [-0.3, -0.25) is 13.9 Å². The maximum Gasteiger partial charge on any atom is 0.264 e. The highest BCUT2D eigenvalue weighted by Gasteiger charge is 2.35. The first-order chi connectivity index (χ1) is 20.3. The average molecular weight is 610 g/mol. The lowest BCUT2D eigenvalue weighted by Gasteiger charge is -2.35. The van der Waals surface area contributed by atoms with Gasteiger partial charge in [-0.25, -0.2) is 8.42 Å². The summed E-state index contributed by atoms with van der Waals surface area (Å²) in [7, 11) is -2.67. The van der Waals surface area contributed by atoms with Crippen LogP contribution in [0, 0.1) is 6.92 Å². The van der Waals surface area contributed by atoms with Crippen molar-refractivity contribution in [1.29, 1.82) is 0 Å². The van der Waals surface area contributed by atoms with Gasteiger partial charge in [-0.15, -0.1) is 0 Å². The number of aryl methyl sites for hydroxylation is 1. The highest BCUT2D eigenvalue weighted by atomic mass is 32.2. The molecule has 3 aromatic carbocycles. The van der Waals surface area contributed by atoms with E-state index in [1.807, 2.05) is 40.7 Å². The van der Waals surface area contributed by atoms with E-state index in [1.165, 1.54) is 17.0 Å².